The molecule has 4 heteroatoms. The molecule has 0 amide bonds. The van der Waals surface area contributed by atoms with Crippen molar-refractivity contribution in [3.05, 3.63) is 65.2 Å². The molecule has 2 aromatic carbocycles. The second kappa shape index (κ2) is 7.38. The van der Waals surface area contributed by atoms with Crippen LogP contribution in [0.1, 0.15) is 46.2 Å². The smallest absolute Gasteiger partial charge is 0.343 e. The fourth-order valence-corrected chi connectivity index (χ4v) is 3.49. The average Bonchev–Trinajstić information content (AvgIpc) is 3.36. The van der Waals surface area contributed by atoms with E-state index in [9.17, 15) is 4.79 Å². The van der Waals surface area contributed by atoms with Crippen molar-refractivity contribution >= 4 is 5.97 Å². The zero-order valence-electron chi connectivity index (χ0n) is 14.1. The summed E-state index contributed by atoms with van der Waals surface area (Å²) < 4.78 is 16.4. The van der Waals surface area contributed by atoms with Crippen molar-refractivity contribution < 1.29 is 19.0 Å². The lowest BCUT2D eigenvalue weighted by Crippen LogP contribution is -2.10. The van der Waals surface area contributed by atoms with E-state index in [4.69, 9.17) is 14.2 Å². The number of benzene rings is 2. The highest BCUT2D eigenvalue weighted by atomic mass is 16.5. The SMILES string of the molecule is O=C(Oc1ccc(C2CCOC2)cc1)c1cccc(C2CCOC2)c1. The molecule has 0 aromatic heterocycles. The molecule has 4 nitrogen and oxygen atoms in total. The molecule has 2 aromatic rings. The zero-order valence-corrected chi connectivity index (χ0v) is 14.1. The molecular weight excluding hydrogens is 316 g/mol. The number of ether oxygens (including phenoxy) is 3. The Hall–Kier alpha value is -2.17. The zero-order chi connectivity index (χ0) is 17.1. The van der Waals surface area contributed by atoms with Gasteiger partial charge in [-0.05, 0) is 48.2 Å². The molecule has 2 aliphatic rings. The Bertz CT molecular complexity index is 726. The summed E-state index contributed by atoms with van der Waals surface area (Å²) in [6, 6.07) is 15.4. The van der Waals surface area contributed by atoms with Crippen LogP contribution < -0.4 is 4.74 Å². The Kier molecular flexibility index (Phi) is 4.81. The van der Waals surface area contributed by atoms with Gasteiger partial charge in [-0.2, -0.15) is 0 Å². The maximum Gasteiger partial charge on any atom is 0.343 e. The van der Waals surface area contributed by atoms with Gasteiger partial charge in [0.1, 0.15) is 5.75 Å². The number of rotatable bonds is 4. The highest BCUT2D eigenvalue weighted by molar-refractivity contribution is 5.91. The molecule has 4 rings (SSSR count). The van der Waals surface area contributed by atoms with E-state index >= 15 is 0 Å². The Labute approximate surface area is 147 Å². The second-order valence-electron chi connectivity index (χ2n) is 6.71. The van der Waals surface area contributed by atoms with Crippen LogP contribution in [-0.2, 0) is 9.47 Å². The van der Waals surface area contributed by atoms with Crippen molar-refractivity contribution in [1.29, 1.82) is 0 Å². The molecule has 0 N–H and O–H groups in total. The topological polar surface area (TPSA) is 44.8 Å². The van der Waals surface area contributed by atoms with E-state index in [-0.39, 0.29) is 5.97 Å². The van der Waals surface area contributed by atoms with Gasteiger partial charge < -0.3 is 14.2 Å². The number of esters is 1. The Morgan fingerprint density at radius 1 is 0.880 bits per heavy atom. The van der Waals surface area contributed by atoms with Crippen LogP contribution in [0.15, 0.2) is 48.5 Å². The van der Waals surface area contributed by atoms with Crippen molar-refractivity contribution in [3.63, 3.8) is 0 Å². The molecule has 0 aliphatic carbocycles. The number of hydrogen-bond acceptors (Lipinski definition) is 4. The summed E-state index contributed by atoms with van der Waals surface area (Å²) in [7, 11) is 0. The normalized spacial score (nSPS) is 22.9. The first kappa shape index (κ1) is 16.3. The molecule has 0 saturated carbocycles. The minimum atomic E-state index is -0.322. The van der Waals surface area contributed by atoms with E-state index in [0.29, 0.717) is 23.1 Å². The van der Waals surface area contributed by atoms with Crippen molar-refractivity contribution in [2.24, 2.45) is 0 Å². The first-order valence-corrected chi connectivity index (χ1v) is 8.87. The summed E-state index contributed by atoms with van der Waals surface area (Å²) >= 11 is 0. The number of hydrogen-bond donors (Lipinski definition) is 0. The van der Waals surface area contributed by atoms with E-state index in [1.165, 1.54) is 5.56 Å². The van der Waals surface area contributed by atoms with Gasteiger partial charge in [0.2, 0.25) is 0 Å². The summed E-state index contributed by atoms with van der Waals surface area (Å²) in [6.45, 7) is 3.11. The molecule has 130 valence electrons. The highest BCUT2D eigenvalue weighted by Gasteiger charge is 2.20. The van der Waals surface area contributed by atoms with Crippen molar-refractivity contribution in [3.8, 4) is 5.75 Å². The van der Waals surface area contributed by atoms with Gasteiger partial charge in [-0.25, -0.2) is 4.79 Å². The third kappa shape index (κ3) is 3.75. The van der Waals surface area contributed by atoms with Crippen LogP contribution in [0.2, 0.25) is 0 Å². The summed E-state index contributed by atoms with van der Waals surface area (Å²) in [5, 5.41) is 0. The fourth-order valence-electron chi connectivity index (χ4n) is 3.49. The van der Waals surface area contributed by atoms with Gasteiger partial charge >= 0.3 is 5.97 Å². The molecule has 25 heavy (non-hydrogen) atoms. The van der Waals surface area contributed by atoms with Crippen LogP contribution in [0, 0.1) is 0 Å². The van der Waals surface area contributed by atoms with Gasteiger partial charge in [0.15, 0.2) is 0 Å². The van der Waals surface area contributed by atoms with Crippen LogP contribution in [0.25, 0.3) is 0 Å². The molecule has 2 saturated heterocycles. The molecule has 0 radical (unpaired) electrons. The number of carbonyl (C=O) groups excluding carboxylic acids is 1. The van der Waals surface area contributed by atoms with Crippen molar-refractivity contribution in [2.75, 3.05) is 26.4 Å². The fraction of sp³-hybridized carbons (Fsp3) is 0.381. The minimum absolute atomic E-state index is 0.322. The summed E-state index contributed by atoms with van der Waals surface area (Å²) in [6.07, 6.45) is 2.06. The summed E-state index contributed by atoms with van der Waals surface area (Å²) in [5.41, 5.74) is 2.96. The van der Waals surface area contributed by atoms with Gasteiger partial charge in [-0.1, -0.05) is 24.3 Å². The largest absolute Gasteiger partial charge is 0.423 e. The predicted molar refractivity (Wildman–Crippen MR) is 94.2 cm³/mol. The van der Waals surface area contributed by atoms with Gasteiger partial charge in [-0.15, -0.1) is 0 Å². The van der Waals surface area contributed by atoms with Crippen LogP contribution in [-0.4, -0.2) is 32.4 Å². The Morgan fingerprint density at radius 3 is 2.20 bits per heavy atom. The first-order chi connectivity index (χ1) is 12.3. The highest BCUT2D eigenvalue weighted by Crippen LogP contribution is 2.28. The molecule has 2 unspecified atom stereocenters. The predicted octanol–water partition coefficient (Wildman–Crippen LogP) is 3.91. The Morgan fingerprint density at radius 2 is 1.56 bits per heavy atom. The average molecular weight is 338 g/mol. The van der Waals surface area contributed by atoms with E-state index in [1.54, 1.807) is 6.07 Å². The summed E-state index contributed by atoms with van der Waals surface area (Å²) in [4.78, 5) is 12.4. The minimum Gasteiger partial charge on any atom is -0.423 e. The molecule has 2 heterocycles. The van der Waals surface area contributed by atoms with E-state index < -0.39 is 0 Å². The molecule has 2 atom stereocenters. The van der Waals surface area contributed by atoms with Crippen LogP contribution in [0.4, 0.5) is 0 Å². The van der Waals surface area contributed by atoms with Crippen LogP contribution in [0.5, 0.6) is 5.75 Å². The van der Waals surface area contributed by atoms with E-state index in [0.717, 1.165) is 44.8 Å². The lowest BCUT2D eigenvalue weighted by Gasteiger charge is -2.11. The lowest BCUT2D eigenvalue weighted by atomic mass is 9.97. The molecule has 0 spiro atoms. The van der Waals surface area contributed by atoms with Gasteiger partial charge in [0, 0.05) is 25.0 Å². The van der Waals surface area contributed by atoms with Crippen LogP contribution >= 0.6 is 0 Å². The first-order valence-electron chi connectivity index (χ1n) is 8.87. The standard InChI is InChI=1S/C21H22O4/c22-21(17-3-1-2-16(12-17)19-9-11-24-14-19)25-20-6-4-15(5-7-20)18-8-10-23-13-18/h1-7,12,18-19H,8-11,13-14H2. The molecule has 2 aliphatic heterocycles. The third-order valence-corrected chi connectivity index (χ3v) is 5.02. The van der Waals surface area contributed by atoms with Crippen molar-refractivity contribution in [1.82, 2.24) is 0 Å². The number of carbonyl (C=O) groups is 1. The van der Waals surface area contributed by atoms with Gasteiger partial charge in [0.25, 0.3) is 0 Å². The third-order valence-electron chi connectivity index (χ3n) is 5.02. The van der Waals surface area contributed by atoms with Gasteiger partial charge in [0.05, 0.1) is 18.8 Å². The molecule has 0 bridgehead atoms. The van der Waals surface area contributed by atoms with Crippen molar-refractivity contribution in [2.45, 2.75) is 24.7 Å². The van der Waals surface area contributed by atoms with E-state index in [1.807, 2.05) is 36.4 Å². The monoisotopic (exact) mass is 338 g/mol. The second-order valence-corrected chi connectivity index (χ2v) is 6.71. The Balaban J connectivity index is 1.43. The quantitative estimate of drug-likeness (QED) is 0.626. The molecule has 2 fully saturated rings. The van der Waals surface area contributed by atoms with Gasteiger partial charge in [-0.3, -0.25) is 0 Å². The maximum absolute atomic E-state index is 12.4. The lowest BCUT2D eigenvalue weighted by molar-refractivity contribution is 0.0734. The maximum atomic E-state index is 12.4. The summed E-state index contributed by atoms with van der Waals surface area (Å²) in [5.74, 6) is 1.08. The van der Waals surface area contributed by atoms with E-state index in [2.05, 4.69) is 6.07 Å². The van der Waals surface area contributed by atoms with Crippen LogP contribution in [0.3, 0.4) is 0 Å². The molecular formula is C21H22O4.